The lowest BCUT2D eigenvalue weighted by Crippen LogP contribution is -2.25. The summed E-state index contributed by atoms with van der Waals surface area (Å²) in [6, 6.07) is 16.5. The predicted molar refractivity (Wildman–Crippen MR) is 113 cm³/mol. The third kappa shape index (κ3) is 4.18. The van der Waals surface area contributed by atoms with Crippen LogP contribution in [-0.4, -0.2) is 24.2 Å². The minimum atomic E-state index is -0.421. The van der Waals surface area contributed by atoms with Gasteiger partial charge >= 0.3 is 0 Å². The Labute approximate surface area is 174 Å². The quantitative estimate of drug-likeness (QED) is 0.325. The van der Waals surface area contributed by atoms with E-state index < -0.39 is 5.91 Å². The van der Waals surface area contributed by atoms with Gasteiger partial charge in [0.1, 0.15) is 17.4 Å². The summed E-state index contributed by atoms with van der Waals surface area (Å²) in [5, 5.41) is 5.72. The lowest BCUT2D eigenvalue weighted by Gasteiger charge is -2.14. The Balaban J connectivity index is 1.74. The maximum Gasteiger partial charge on any atom is 0.280 e. The maximum absolute atomic E-state index is 13.6. The van der Waals surface area contributed by atoms with E-state index in [2.05, 4.69) is 10.1 Å². The number of halogens is 2. The lowest BCUT2D eigenvalue weighted by atomic mass is 10.2. The molecule has 0 fully saturated rings. The number of hydrogen-bond acceptors (Lipinski definition) is 5. The van der Waals surface area contributed by atoms with E-state index in [1.165, 1.54) is 37.6 Å². The topological polar surface area (TPSA) is 54.8 Å². The van der Waals surface area contributed by atoms with Crippen molar-refractivity contribution < 1.29 is 18.3 Å². The number of benzene rings is 3. The number of carbonyl (C=O) groups excluding carboxylic acids is 1. The van der Waals surface area contributed by atoms with Crippen molar-refractivity contribution in [1.82, 2.24) is 4.98 Å². The lowest BCUT2D eigenvalue weighted by molar-refractivity contribution is 0.0988. The van der Waals surface area contributed by atoms with Crippen LogP contribution < -0.4 is 9.75 Å². The highest BCUT2D eigenvalue weighted by Gasteiger charge is 2.21. The molecule has 0 N–H and O–H groups in total. The number of fused-ring (bicyclic) bond motifs is 1. The zero-order valence-electron chi connectivity index (χ0n) is 15.8. The minimum Gasteiger partial charge on any atom is -0.497 e. The molecule has 0 bridgehead atoms. The molecule has 0 aliphatic carbocycles. The highest BCUT2D eigenvalue weighted by atomic mass is 32.1. The van der Waals surface area contributed by atoms with E-state index in [-0.39, 0.29) is 16.8 Å². The van der Waals surface area contributed by atoms with Crippen LogP contribution in [0, 0.1) is 11.6 Å². The molecule has 1 aromatic heterocycles. The van der Waals surface area contributed by atoms with E-state index in [0.717, 1.165) is 16.3 Å². The number of ether oxygens (including phenoxy) is 1. The SMILES string of the molecule is COc1ccc(C(=O)N(/N=C/c2ccc(F)cc2)c2nc3ccc(F)cc3s2)cc1. The van der Waals surface area contributed by atoms with Crippen molar-refractivity contribution >= 4 is 38.8 Å². The Hall–Kier alpha value is -3.65. The molecule has 4 aromatic rings. The number of methoxy groups -OCH3 is 1. The van der Waals surface area contributed by atoms with Gasteiger partial charge in [-0.15, -0.1) is 0 Å². The van der Waals surface area contributed by atoms with Crippen LogP contribution in [0.15, 0.2) is 71.8 Å². The fourth-order valence-corrected chi connectivity index (χ4v) is 3.64. The molecule has 0 atom stereocenters. The van der Waals surface area contributed by atoms with Crippen LogP contribution in [0.25, 0.3) is 10.2 Å². The van der Waals surface area contributed by atoms with Gasteiger partial charge in [0.25, 0.3) is 5.91 Å². The minimum absolute atomic E-state index is 0.287. The molecule has 0 spiro atoms. The predicted octanol–water partition coefficient (Wildman–Crippen LogP) is 5.26. The molecule has 1 heterocycles. The van der Waals surface area contributed by atoms with Gasteiger partial charge in [-0.2, -0.15) is 10.1 Å². The van der Waals surface area contributed by atoms with Crippen LogP contribution in [0.1, 0.15) is 15.9 Å². The fraction of sp³-hybridized carbons (Fsp3) is 0.0455. The fourth-order valence-electron chi connectivity index (χ4n) is 2.69. The summed E-state index contributed by atoms with van der Waals surface area (Å²) in [5.41, 5.74) is 1.54. The summed E-state index contributed by atoms with van der Waals surface area (Å²) in [7, 11) is 1.54. The Morgan fingerprint density at radius 1 is 1.03 bits per heavy atom. The van der Waals surface area contributed by atoms with Crippen LogP contribution in [0.2, 0.25) is 0 Å². The first-order valence-electron chi connectivity index (χ1n) is 8.87. The summed E-state index contributed by atoms with van der Waals surface area (Å²) < 4.78 is 32.4. The first kappa shape index (κ1) is 19.7. The summed E-state index contributed by atoms with van der Waals surface area (Å²) in [6.45, 7) is 0. The monoisotopic (exact) mass is 423 g/mol. The Morgan fingerprint density at radius 2 is 1.73 bits per heavy atom. The number of rotatable bonds is 5. The van der Waals surface area contributed by atoms with Gasteiger partial charge < -0.3 is 4.74 Å². The van der Waals surface area contributed by atoms with Crippen LogP contribution in [-0.2, 0) is 0 Å². The van der Waals surface area contributed by atoms with Gasteiger partial charge in [-0.1, -0.05) is 23.5 Å². The maximum atomic E-state index is 13.6. The van der Waals surface area contributed by atoms with E-state index >= 15 is 0 Å². The largest absolute Gasteiger partial charge is 0.497 e. The smallest absolute Gasteiger partial charge is 0.280 e. The molecule has 4 rings (SSSR count). The van der Waals surface area contributed by atoms with Crippen molar-refractivity contribution in [2.45, 2.75) is 0 Å². The molecule has 0 aliphatic heterocycles. The van der Waals surface area contributed by atoms with Crippen molar-refractivity contribution in [3.8, 4) is 5.75 Å². The van der Waals surface area contributed by atoms with E-state index in [4.69, 9.17) is 4.74 Å². The first-order chi connectivity index (χ1) is 14.5. The Kier molecular flexibility index (Phi) is 5.49. The molecule has 5 nitrogen and oxygen atoms in total. The van der Waals surface area contributed by atoms with E-state index in [1.54, 1.807) is 42.5 Å². The number of amides is 1. The number of anilines is 1. The van der Waals surface area contributed by atoms with Gasteiger partial charge in [0, 0.05) is 5.56 Å². The normalized spacial score (nSPS) is 11.2. The second kappa shape index (κ2) is 8.38. The molecule has 0 radical (unpaired) electrons. The number of hydrazone groups is 1. The van der Waals surface area contributed by atoms with Gasteiger partial charge in [0.2, 0.25) is 5.13 Å². The van der Waals surface area contributed by atoms with Crippen molar-refractivity contribution in [2.75, 3.05) is 12.1 Å². The molecule has 0 saturated heterocycles. The zero-order chi connectivity index (χ0) is 21.1. The van der Waals surface area contributed by atoms with Gasteiger partial charge in [-0.3, -0.25) is 4.79 Å². The van der Waals surface area contributed by atoms with E-state index in [1.807, 2.05) is 0 Å². The third-order valence-electron chi connectivity index (χ3n) is 4.24. The summed E-state index contributed by atoms with van der Waals surface area (Å²) in [6.07, 6.45) is 1.44. The molecular weight excluding hydrogens is 408 g/mol. The van der Waals surface area contributed by atoms with E-state index in [0.29, 0.717) is 27.1 Å². The summed E-state index contributed by atoms with van der Waals surface area (Å²) >= 11 is 1.14. The molecule has 8 heteroatoms. The van der Waals surface area contributed by atoms with Gasteiger partial charge in [0.05, 0.1) is 23.5 Å². The van der Waals surface area contributed by atoms with Crippen molar-refractivity contribution in [1.29, 1.82) is 0 Å². The Bertz CT molecular complexity index is 1220. The molecule has 0 aliphatic rings. The number of carbonyl (C=O) groups is 1. The van der Waals surface area contributed by atoms with Gasteiger partial charge in [0.15, 0.2) is 0 Å². The third-order valence-corrected chi connectivity index (χ3v) is 5.24. The first-order valence-corrected chi connectivity index (χ1v) is 9.69. The average molecular weight is 423 g/mol. The summed E-state index contributed by atoms with van der Waals surface area (Å²) in [4.78, 5) is 17.6. The standard InChI is InChI=1S/C22H15F2N3O2S/c1-29-18-9-4-15(5-10-18)21(28)27(25-13-14-2-6-16(23)7-3-14)22-26-19-11-8-17(24)12-20(19)30-22/h2-13H,1H3/b25-13+. The number of aromatic nitrogens is 1. The number of thiazole rings is 1. The molecule has 30 heavy (non-hydrogen) atoms. The number of hydrogen-bond donors (Lipinski definition) is 0. The van der Waals surface area contributed by atoms with E-state index in [9.17, 15) is 13.6 Å². The highest BCUT2D eigenvalue weighted by Crippen LogP contribution is 2.30. The molecular formula is C22H15F2N3O2S. The molecule has 3 aromatic carbocycles. The highest BCUT2D eigenvalue weighted by molar-refractivity contribution is 7.22. The molecule has 0 unspecified atom stereocenters. The average Bonchev–Trinajstić information content (AvgIpc) is 3.18. The van der Waals surface area contributed by atoms with Gasteiger partial charge in [-0.05, 0) is 60.2 Å². The van der Waals surface area contributed by atoms with Crippen LogP contribution >= 0.6 is 11.3 Å². The molecule has 0 saturated carbocycles. The van der Waals surface area contributed by atoms with Gasteiger partial charge in [-0.25, -0.2) is 13.8 Å². The molecule has 150 valence electrons. The second-order valence-corrected chi connectivity index (χ2v) is 7.26. The van der Waals surface area contributed by atoms with Crippen molar-refractivity contribution in [3.63, 3.8) is 0 Å². The second-order valence-electron chi connectivity index (χ2n) is 6.25. The van der Waals surface area contributed by atoms with Crippen molar-refractivity contribution in [2.24, 2.45) is 5.10 Å². The van der Waals surface area contributed by atoms with Crippen LogP contribution in [0.3, 0.4) is 0 Å². The Morgan fingerprint density at radius 3 is 2.43 bits per heavy atom. The van der Waals surface area contributed by atoms with Crippen LogP contribution in [0.4, 0.5) is 13.9 Å². The van der Waals surface area contributed by atoms with Crippen LogP contribution in [0.5, 0.6) is 5.75 Å². The zero-order valence-corrected chi connectivity index (χ0v) is 16.6. The molecule has 1 amide bonds. The summed E-state index contributed by atoms with van der Waals surface area (Å²) in [5.74, 6) is -0.564. The van der Waals surface area contributed by atoms with Crippen molar-refractivity contribution in [3.05, 3.63) is 89.5 Å². The number of nitrogens with zero attached hydrogens (tertiary/aromatic N) is 3.